The van der Waals surface area contributed by atoms with Crippen LogP contribution < -0.4 is 5.32 Å². The maximum absolute atomic E-state index is 12.3. The number of carbonyl (C=O) groups is 1. The number of Topliss-reactive ketones (excluding diaryl/α,β-unsaturated/α-hetero) is 1. The molecular formula is C26H27N7O. The summed E-state index contributed by atoms with van der Waals surface area (Å²) in [4.78, 5) is 21.4. The predicted molar refractivity (Wildman–Crippen MR) is 128 cm³/mol. The number of aryl methyl sites for hydroxylation is 1. The molecule has 8 nitrogen and oxygen atoms in total. The Bertz CT molecular complexity index is 1240. The molecule has 0 bridgehead atoms. The fourth-order valence-corrected chi connectivity index (χ4v) is 4.25. The summed E-state index contributed by atoms with van der Waals surface area (Å²) in [7, 11) is 0. The van der Waals surface area contributed by atoms with Gasteiger partial charge in [-0.15, -0.1) is 0 Å². The van der Waals surface area contributed by atoms with Gasteiger partial charge < -0.3 is 5.32 Å². The lowest BCUT2D eigenvalue weighted by atomic mass is 9.87. The monoisotopic (exact) mass is 453 g/mol. The molecule has 1 aliphatic carbocycles. The van der Waals surface area contributed by atoms with Gasteiger partial charge in [0.25, 0.3) is 0 Å². The van der Waals surface area contributed by atoms with Crippen LogP contribution in [0.5, 0.6) is 0 Å². The zero-order valence-corrected chi connectivity index (χ0v) is 19.4. The molecule has 0 spiro atoms. The number of aromatic nitrogens is 4. The number of nitrogens with zero attached hydrogens (tertiary/aromatic N) is 6. The molecule has 0 radical (unpaired) electrons. The Kier molecular flexibility index (Phi) is 6.98. The predicted octanol–water partition coefficient (Wildman–Crippen LogP) is 5.38. The molecule has 1 atom stereocenters. The number of rotatable bonds is 7. The average Bonchev–Trinajstić information content (AvgIpc) is 3.33. The van der Waals surface area contributed by atoms with Crippen LogP contribution in [-0.4, -0.2) is 25.5 Å². The third-order valence-corrected chi connectivity index (χ3v) is 6.28. The molecule has 0 aliphatic heterocycles. The zero-order chi connectivity index (χ0) is 24.1. The fourth-order valence-electron chi connectivity index (χ4n) is 4.25. The summed E-state index contributed by atoms with van der Waals surface area (Å²) in [6.07, 6.45) is 9.45. The highest BCUT2D eigenvalue weighted by atomic mass is 16.1. The van der Waals surface area contributed by atoms with Gasteiger partial charge in [0, 0.05) is 35.9 Å². The van der Waals surface area contributed by atoms with E-state index < -0.39 is 0 Å². The lowest BCUT2D eigenvalue weighted by Crippen LogP contribution is -2.17. The van der Waals surface area contributed by atoms with Crippen molar-refractivity contribution in [2.75, 3.05) is 5.32 Å². The Labute approximate surface area is 199 Å². The van der Waals surface area contributed by atoms with Gasteiger partial charge in [0.05, 0.1) is 41.7 Å². The molecule has 1 N–H and O–H groups in total. The standard InChI is InChI=1S/C26H27N7O/c1-17(12-27)11-24(34)20-5-7-21(8-6-20)25-18(2)14-29-26(32-25)31-22-15-30-33(16-22)23-9-3-19(13-28)4-10-23/h5-8,14-17,19,23H,3-4,9-11H2,1-2H3,(H,29,31,32)/t17-,19?,23?/m1/s1. The first-order valence-corrected chi connectivity index (χ1v) is 11.5. The topological polar surface area (TPSA) is 120 Å². The summed E-state index contributed by atoms with van der Waals surface area (Å²) >= 11 is 0. The number of hydrogen-bond acceptors (Lipinski definition) is 7. The highest BCUT2D eigenvalue weighted by Gasteiger charge is 2.22. The van der Waals surface area contributed by atoms with Gasteiger partial charge in [0.1, 0.15) is 0 Å². The largest absolute Gasteiger partial charge is 0.321 e. The van der Waals surface area contributed by atoms with Gasteiger partial charge in [-0.1, -0.05) is 24.3 Å². The molecule has 0 unspecified atom stereocenters. The normalized spacial score (nSPS) is 18.5. The van der Waals surface area contributed by atoms with E-state index in [-0.39, 0.29) is 24.0 Å². The van der Waals surface area contributed by atoms with E-state index >= 15 is 0 Å². The van der Waals surface area contributed by atoms with Crippen LogP contribution in [0.3, 0.4) is 0 Å². The Morgan fingerprint density at radius 3 is 2.59 bits per heavy atom. The van der Waals surface area contributed by atoms with Crippen LogP contribution in [0.2, 0.25) is 0 Å². The molecule has 2 heterocycles. The van der Waals surface area contributed by atoms with Crippen molar-refractivity contribution in [3.63, 3.8) is 0 Å². The number of nitrogens with one attached hydrogen (secondary N) is 1. The Morgan fingerprint density at radius 1 is 1.18 bits per heavy atom. The minimum atomic E-state index is -0.304. The van der Waals surface area contributed by atoms with Gasteiger partial charge in [-0.25, -0.2) is 9.97 Å². The summed E-state index contributed by atoms with van der Waals surface area (Å²) in [5, 5.41) is 25.8. The minimum absolute atomic E-state index is 0.0412. The van der Waals surface area contributed by atoms with Crippen molar-refractivity contribution in [2.24, 2.45) is 11.8 Å². The summed E-state index contributed by atoms with van der Waals surface area (Å²) in [6.45, 7) is 3.69. The SMILES string of the molecule is Cc1cnc(Nc2cnn(C3CCC(C#N)CC3)c2)nc1-c1ccc(C(=O)C[C@@H](C)C#N)cc1. The van der Waals surface area contributed by atoms with Crippen molar-refractivity contribution in [3.8, 4) is 23.4 Å². The summed E-state index contributed by atoms with van der Waals surface area (Å²) in [5.74, 6) is 0.288. The first-order valence-electron chi connectivity index (χ1n) is 11.5. The molecule has 1 fully saturated rings. The van der Waals surface area contributed by atoms with Crippen molar-refractivity contribution in [2.45, 2.75) is 52.0 Å². The molecule has 3 aromatic rings. The molecular weight excluding hydrogens is 426 g/mol. The summed E-state index contributed by atoms with van der Waals surface area (Å²) < 4.78 is 1.97. The number of carbonyl (C=O) groups excluding carboxylic acids is 1. The van der Waals surface area contributed by atoms with Crippen molar-refractivity contribution in [1.29, 1.82) is 10.5 Å². The lowest BCUT2D eigenvalue weighted by Gasteiger charge is -2.24. The quantitative estimate of drug-likeness (QED) is 0.477. The molecule has 2 aromatic heterocycles. The number of hydrogen-bond donors (Lipinski definition) is 1. The van der Waals surface area contributed by atoms with Gasteiger partial charge >= 0.3 is 0 Å². The van der Waals surface area contributed by atoms with Crippen molar-refractivity contribution in [1.82, 2.24) is 19.7 Å². The fraction of sp³-hybridized carbons (Fsp3) is 0.385. The van der Waals surface area contributed by atoms with E-state index in [2.05, 4.69) is 27.5 Å². The maximum atomic E-state index is 12.3. The molecule has 34 heavy (non-hydrogen) atoms. The highest BCUT2D eigenvalue weighted by Crippen LogP contribution is 2.32. The second-order valence-electron chi connectivity index (χ2n) is 8.93. The summed E-state index contributed by atoms with van der Waals surface area (Å²) in [6, 6.07) is 12.1. The van der Waals surface area contributed by atoms with Crippen LogP contribution in [0.15, 0.2) is 42.9 Å². The number of nitriles is 2. The van der Waals surface area contributed by atoms with Crippen LogP contribution >= 0.6 is 0 Å². The van der Waals surface area contributed by atoms with Crippen molar-refractivity contribution < 1.29 is 4.79 Å². The molecule has 4 rings (SSSR count). The highest BCUT2D eigenvalue weighted by molar-refractivity contribution is 5.96. The van der Waals surface area contributed by atoms with Gasteiger partial charge in [-0.2, -0.15) is 15.6 Å². The van der Waals surface area contributed by atoms with Crippen LogP contribution in [0.25, 0.3) is 11.3 Å². The first kappa shape index (κ1) is 23.1. The smallest absolute Gasteiger partial charge is 0.227 e. The molecule has 1 aliphatic rings. The Morgan fingerprint density at radius 2 is 1.91 bits per heavy atom. The lowest BCUT2D eigenvalue weighted by molar-refractivity contribution is 0.0973. The Balaban J connectivity index is 1.46. The van der Waals surface area contributed by atoms with Crippen LogP contribution in [-0.2, 0) is 0 Å². The van der Waals surface area contributed by atoms with Crippen LogP contribution in [0.4, 0.5) is 11.6 Å². The third-order valence-electron chi connectivity index (χ3n) is 6.28. The van der Waals surface area contributed by atoms with Crippen molar-refractivity contribution >= 4 is 17.4 Å². The van der Waals surface area contributed by atoms with E-state index in [0.717, 1.165) is 48.2 Å². The van der Waals surface area contributed by atoms with E-state index in [4.69, 9.17) is 15.5 Å². The third kappa shape index (κ3) is 5.29. The van der Waals surface area contributed by atoms with Crippen molar-refractivity contribution in [3.05, 3.63) is 54.0 Å². The number of benzene rings is 1. The minimum Gasteiger partial charge on any atom is -0.321 e. The van der Waals surface area contributed by atoms with Gasteiger partial charge in [-0.05, 0) is 45.1 Å². The van der Waals surface area contributed by atoms with E-state index in [0.29, 0.717) is 17.6 Å². The van der Waals surface area contributed by atoms with Gasteiger partial charge in [0.2, 0.25) is 5.95 Å². The first-order chi connectivity index (χ1) is 16.5. The van der Waals surface area contributed by atoms with E-state index in [1.807, 2.05) is 29.9 Å². The van der Waals surface area contributed by atoms with E-state index in [1.54, 1.807) is 31.5 Å². The van der Waals surface area contributed by atoms with Gasteiger partial charge in [0.15, 0.2) is 5.78 Å². The van der Waals surface area contributed by atoms with E-state index in [1.165, 1.54) is 0 Å². The number of anilines is 2. The average molecular weight is 454 g/mol. The van der Waals surface area contributed by atoms with Crippen LogP contribution in [0.1, 0.15) is 61.0 Å². The molecule has 172 valence electrons. The molecule has 0 saturated heterocycles. The van der Waals surface area contributed by atoms with Crippen LogP contribution in [0, 0.1) is 41.4 Å². The van der Waals surface area contributed by atoms with Gasteiger partial charge in [-0.3, -0.25) is 9.48 Å². The zero-order valence-electron chi connectivity index (χ0n) is 19.4. The van der Waals surface area contributed by atoms with E-state index in [9.17, 15) is 4.79 Å². The second-order valence-corrected chi connectivity index (χ2v) is 8.93. The summed E-state index contributed by atoms with van der Waals surface area (Å²) in [5.41, 5.74) is 3.99. The second kappa shape index (κ2) is 10.3. The molecule has 1 saturated carbocycles. The molecule has 1 aromatic carbocycles. The Hall–Kier alpha value is -4.04. The molecule has 0 amide bonds. The number of ketones is 1. The maximum Gasteiger partial charge on any atom is 0.227 e. The molecule has 8 heteroatoms.